The molecule has 0 fully saturated rings. The molecule has 0 spiro atoms. The van der Waals surface area contributed by atoms with Crippen molar-refractivity contribution in [1.82, 2.24) is 0 Å². The molecule has 0 aliphatic carbocycles. The highest BCUT2D eigenvalue weighted by atomic mass is 35.5. The smallest absolute Gasteiger partial charge is 0.142 e. The molecule has 0 aromatic rings. The Morgan fingerprint density at radius 1 is 1.25 bits per heavy atom. The Balaban J connectivity index is 0. The maximum atomic E-state index is 8.93. The lowest BCUT2D eigenvalue weighted by Crippen LogP contribution is -3.00. The van der Waals surface area contributed by atoms with Gasteiger partial charge in [-0.25, -0.2) is 0 Å². The molecule has 1 atom stereocenters. The predicted molar refractivity (Wildman–Crippen MR) is 43.3 cm³/mol. The highest BCUT2D eigenvalue weighted by Gasteiger charge is 2.15. The number of hydroxylamine groups is 4. The van der Waals surface area contributed by atoms with Gasteiger partial charge in [0, 0.05) is 6.42 Å². The lowest BCUT2D eigenvalue weighted by atomic mass is 10.0. The Morgan fingerprint density at radius 3 is 2.08 bits per heavy atom. The molecule has 0 radical (unpaired) electrons. The van der Waals surface area contributed by atoms with Crippen LogP contribution < -0.4 is 12.4 Å². The summed E-state index contributed by atoms with van der Waals surface area (Å²) in [4.78, 5) is -0.895. The van der Waals surface area contributed by atoms with Gasteiger partial charge >= 0.3 is 0 Å². The van der Waals surface area contributed by atoms with Crippen LogP contribution in [-0.4, -0.2) is 28.8 Å². The van der Waals surface area contributed by atoms with Crippen LogP contribution in [0.2, 0.25) is 0 Å². The van der Waals surface area contributed by atoms with Crippen molar-refractivity contribution in [1.29, 1.82) is 0 Å². The fourth-order valence-corrected chi connectivity index (χ4v) is 1.10. The molecular formula is C8H20ClNO2. The number of rotatable bonds is 5. The van der Waals surface area contributed by atoms with Gasteiger partial charge in [-0.3, -0.25) is 0 Å². The molecule has 0 aliphatic rings. The third kappa shape index (κ3) is 10.2. The van der Waals surface area contributed by atoms with E-state index in [1.165, 1.54) is 19.9 Å². The molecule has 3 nitrogen and oxygen atoms in total. The first-order valence-corrected chi connectivity index (χ1v) is 4.26. The molecule has 0 aliphatic heterocycles. The third-order valence-corrected chi connectivity index (χ3v) is 1.83. The minimum Gasteiger partial charge on any atom is -1.00 e. The van der Waals surface area contributed by atoms with E-state index in [2.05, 4.69) is 13.8 Å². The van der Waals surface area contributed by atoms with Gasteiger partial charge in [-0.05, 0) is 5.92 Å². The van der Waals surface area contributed by atoms with Crippen molar-refractivity contribution < 1.29 is 27.6 Å². The molecule has 0 aromatic carbocycles. The molecule has 12 heavy (non-hydrogen) atoms. The van der Waals surface area contributed by atoms with Gasteiger partial charge in [-0.1, -0.05) is 31.5 Å². The molecule has 0 bridgehead atoms. The molecule has 0 saturated heterocycles. The van der Waals surface area contributed by atoms with Crippen LogP contribution in [0.4, 0.5) is 0 Å². The first-order chi connectivity index (χ1) is 4.95. The number of quaternary nitrogens is 1. The van der Waals surface area contributed by atoms with E-state index in [-0.39, 0.29) is 12.4 Å². The number of hydrogen-bond donors (Lipinski definition) is 2. The Hall–Kier alpha value is 0.170. The van der Waals surface area contributed by atoms with Gasteiger partial charge in [-0.2, -0.15) is 10.4 Å². The summed E-state index contributed by atoms with van der Waals surface area (Å²) in [5.74, 6) is 0.594. The van der Waals surface area contributed by atoms with E-state index in [9.17, 15) is 0 Å². The average molecular weight is 198 g/mol. The Morgan fingerprint density at radius 2 is 1.75 bits per heavy atom. The molecule has 0 amide bonds. The van der Waals surface area contributed by atoms with Crippen molar-refractivity contribution >= 4 is 0 Å². The van der Waals surface area contributed by atoms with E-state index in [1.807, 2.05) is 0 Å². The maximum absolute atomic E-state index is 8.93. The van der Waals surface area contributed by atoms with Crippen LogP contribution in [0.15, 0.2) is 0 Å². The van der Waals surface area contributed by atoms with Gasteiger partial charge in [0.2, 0.25) is 0 Å². The van der Waals surface area contributed by atoms with Crippen molar-refractivity contribution in [2.75, 3.05) is 13.6 Å². The fraction of sp³-hybridized carbons (Fsp3) is 1.00. The van der Waals surface area contributed by atoms with Crippen LogP contribution in [0, 0.1) is 5.92 Å². The highest BCUT2D eigenvalue weighted by molar-refractivity contribution is 4.49. The van der Waals surface area contributed by atoms with E-state index >= 15 is 0 Å². The summed E-state index contributed by atoms with van der Waals surface area (Å²) in [5, 5.41) is 17.9. The summed E-state index contributed by atoms with van der Waals surface area (Å²) >= 11 is 0. The predicted octanol–water partition coefficient (Wildman–Crippen LogP) is -0.958. The third-order valence-electron chi connectivity index (χ3n) is 1.83. The van der Waals surface area contributed by atoms with Crippen LogP contribution in [0.1, 0.15) is 33.1 Å². The second-order valence-electron chi connectivity index (χ2n) is 3.49. The normalized spacial score (nSPS) is 13.8. The monoisotopic (exact) mass is 197 g/mol. The highest BCUT2D eigenvalue weighted by Crippen LogP contribution is 2.10. The summed E-state index contributed by atoms with van der Waals surface area (Å²) in [6.07, 6.45) is 3.21. The quantitative estimate of drug-likeness (QED) is 0.441. The van der Waals surface area contributed by atoms with Gasteiger partial charge in [0.05, 0.1) is 0 Å². The number of halogens is 1. The molecule has 0 saturated carbocycles. The second kappa shape index (κ2) is 6.66. The minimum absolute atomic E-state index is 0. The zero-order valence-electron chi connectivity index (χ0n) is 8.13. The topological polar surface area (TPSA) is 40.5 Å². The van der Waals surface area contributed by atoms with E-state index < -0.39 is 4.81 Å². The Labute approximate surface area is 80.9 Å². The summed E-state index contributed by atoms with van der Waals surface area (Å²) in [7, 11) is 1.37. The van der Waals surface area contributed by atoms with E-state index in [1.54, 1.807) is 0 Å². The lowest BCUT2D eigenvalue weighted by Gasteiger charge is -2.17. The van der Waals surface area contributed by atoms with E-state index in [0.717, 1.165) is 6.42 Å². The van der Waals surface area contributed by atoms with Crippen molar-refractivity contribution in [3.8, 4) is 0 Å². The Kier molecular flexibility index (Phi) is 8.15. The van der Waals surface area contributed by atoms with Crippen LogP contribution in [0.25, 0.3) is 0 Å². The summed E-state index contributed by atoms with van der Waals surface area (Å²) < 4.78 is 0. The van der Waals surface area contributed by atoms with Gasteiger partial charge in [-0.15, -0.1) is 0 Å². The number of hydrogen-bond acceptors (Lipinski definition) is 2. The van der Waals surface area contributed by atoms with Gasteiger partial charge in [0.1, 0.15) is 13.6 Å². The van der Waals surface area contributed by atoms with Crippen molar-refractivity contribution in [2.45, 2.75) is 33.1 Å². The Bertz CT molecular complexity index is 104. The molecule has 0 heterocycles. The van der Waals surface area contributed by atoms with Gasteiger partial charge in [0.25, 0.3) is 0 Å². The fourth-order valence-electron chi connectivity index (χ4n) is 1.10. The van der Waals surface area contributed by atoms with Gasteiger partial charge < -0.3 is 12.4 Å². The van der Waals surface area contributed by atoms with Crippen LogP contribution in [0.3, 0.4) is 0 Å². The molecular weight excluding hydrogens is 178 g/mol. The SMILES string of the molecule is CCCC(C)CC[N+](C)(O)O.[Cl-]. The molecule has 0 aromatic heterocycles. The zero-order valence-corrected chi connectivity index (χ0v) is 8.88. The maximum Gasteiger partial charge on any atom is 0.142 e. The summed E-state index contributed by atoms with van der Waals surface area (Å²) in [5.41, 5.74) is 0. The second-order valence-corrected chi connectivity index (χ2v) is 3.49. The standard InChI is InChI=1S/C8H20NO2.ClH/c1-4-5-8(2)6-7-9(3,10)11;/h8,10-11H,4-7H2,1-3H3;1H/q+1;/p-1. The average Bonchev–Trinajstić information content (AvgIpc) is 1.83. The van der Waals surface area contributed by atoms with Crippen LogP contribution in [-0.2, 0) is 0 Å². The van der Waals surface area contributed by atoms with E-state index in [0.29, 0.717) is 12.5 Å². The van der Waals surface area contributed by atoms with Gasteiger partial charge in [0.15, 0.2) is 0 Å². The molecule has 76 valence electrons. The van der Waals surface area contributed by atoms with Crippen LogP contribution in [0.5, 0.6) is 0 Å². The molecule has 0 rings (SSSR count). The number of nitrogens with zero attached hydrogens (tertiary/aromatic N) is 1. The largest absolute Gasteiger partial charge is 1.00 e. The van der Waals surface area contributed by atoms with Crippen molar-refractivity contribution in [3.63, 3.8) is 0 Å². The molecule has 1 unspecified atom stereocenters. The first-order valence-electron chi connectivity index (χ1n) is 4.26. The zero-order chi connectivity index (χ0) is 8.91. The lowest BCUT2D eigenvalue weighted by molar-refractivity contribution is -1.23. The summed E-state index contributed by atoms with van der Waals surface area (Å²) in [6, 6.07) is 0. The summed E-state index contributed by atoms with van der Waals surface area (Å²) in [6.45, 7) is 4.70. The van der Waals surface area contributed by atoms with E-state index in [4.69, 9.17) is 10.4 Å². The van der Waals surface area contributed by atoms with Crippen molar-refractivity contribution in [2.24, 2.45) is 5.92 Å². The first kappa shape index (κ1) is 14.7. The molecule has 4 heteroatoms. The van der Waals surface area contributed by atoms with Crippen LogP contribution >= 0.6 is 0 Å². The molecule has 2 N–H and O–H groups in total. The van der Waals surface area contributed by atoms with Crippen molar-refractivity contribution in [3.05, 3.63) is 0 Å². The minimum atomic E-state index is -0.895.